The number of hydrogen-bond acceptors (Lipinski definition) is 5. The van der Waals surface area contributed by atoms with Gasteiger partial charge in [0.1, 0.15) is 19.0 Å². The fourth-order valence-electron chi connectivity index (χ4n) is 3.25. The first-order chi connectivity index (χ1) is 15.0. The van der Waals surface area contributed by atoms with Crippen molar-refractivity contribution in [3.05, 3.63) is 60.2 Å². The van der Waals surface area contributed by atoms with Crippen molar-refractivity contribution in [2.45, 2.75) is 6.92 Å². The van der Waals surface area contributed by atoms with Gasteiger partial charge in [-0.2, -0.15) is 0 Å². The number of carbonyl (C=O) groups excluding carboxylic acids is 3. The van der Waals surface area contributed by atoms with Gasteiger partial charge in [-0.05, 0) is 36.8 Å². The minimum Gasteiger partial charge on any atom is -0.484 e. The van der Waals surface area contributed by atoms with E-state index in [0.717, 1.165) is 11.3 Å². The predicted molar refractivity (Wildman–Crippen MR) is 116 cm³/mol. The van der Waals surface area contributed by atoms with Gasteiger partial charge in [0, 0.05) is 19.3 Å². The summed E-state index contributed by atoms with van der Waals surface area (Å²) < 4.78 is 10.6. The van der Waals surface area contributed by atoms with Crippen LogP contribution in [-0.4, -0.2) is 74.1 Å². The number of nitrogens with zero attached hydrogens (tertiary/aromatic N) is 3. The molecule has 3 amide bonds. The number of ether oxygens (including phenoxy) is 2. The minimum absolute atomic E-state index is 0.0143. The second kappa shape index (κ2) is 10.6. The second-order valence-corrected chi connectivity index (χ2v) is 7.30. The summed E-state index contributed by atoms with van der Waals surface area (Å²) in [7, 11) is 1.53. The number of amides is 3. The van der Waals surface area contributed by atoms with Crippen molar-refractivity contribution in [1.82, 2.24) is 9.80 Å². The Hall–Kier alpha value is -3.39. The van der Waals surface area contributed by atoms with Crippen LogP contribution >= 0.6 is 0 Å². The molecule has 0 atom stereocenters. The van der Waals surface area contributed by atoms with Crippen LogP contribution < -0.4 is 9.64 Å². The molecule has 2 aromatic rings. The van der Waals surface area contributed by atoms with Crippen molar-refractivity contribution >= 4 is 23.4 Å². The number of anilines is 1. The van der Waals surface area contributed by atoms with Gasteiger partial charge in [-0.3, -0.25) is 19.3 Å². The highest BCUT2D eigenvalue weighted by molar-refractivity contribution is 6.00. The molecule has 164 valence electrons. The lowest BCUT2D eigenvalue weighted by Gasteiger charge is -2.25. The van der Waals surface area contributed by atoms with Crippen molar-refractivity contribution in [2.75, 3.05) is 51.5 Å². The molecule has 0 spiro atoms. The third-order valence-corrected chi connectivity index (χ3v) is 4.96. The lowest BCUT2D eigenvalue weighted by atomic mass is 10.2. The van der Waals surface area contributed by atoms with E-state index >= 15 is 0 Å². The summed E-state index contributed by atoms with van der Waals surface area (Å²) in [6.07, 6.45) is 0. The van der Waals surface area contributed by atoms with Crippen LogP contribution in [0.4, 0.5) is 5.69 Å². The molecule has 0 radical (unpaired) electrons. The molecule has 0 saturated carbocycles. The summed E-state index contributed by atoms with van der Waals surface area (Å²) in [5, 5.41) is 0. The molecular formula is C23H27N3O5. The van der Waals surface area contributed by atoms with Gasteiger partial charge in [0.2, 0.25) is 11.8 Å². The lowest BCUT2D eigenvalue weighted by molar-refractivity contribution is -0.142. The maximum Gasteiger partial charge on any atom is 0.261 e. The molecular weight excluding hydrogens is 398 g/mol. The molecule has 0 aromatic heterocycles. The molecule has 2 aromatic carbocycles. The highest BCUT2D eigenvalue weighted by Crippen LogP contribution is 2.20. The average Bonchev–Trinajstić information content (AvgIpc) is 3.17. The van der Waals surface area contributed by atoms with E-state index in [-0.39, 0.29) is 50.6 Å². The van der Waals surface area contributed by atoms with E-state index in [2.05, 4.69) is 0 Å². The first-order valence-corrected chi connectivity index (χ1v) is 10.1. The van der Waals surface area contributed by atoms with Crippen LogP contribution in [0.2, 0.25) is 0 Å². The second-order valence-electron chi connectivity index (χ2n) is 7.30. The van der Waals surface area contributed by atoms with E-state index in [1.165, 1.54) is 16.9 Å². The molecule has 1 saturated heterocycles. The quantitative estimate of drug-likeness (QED) is 0.611. The number of methoxy groups -OCH3 is 1. The molecule has 3 rings (SSSR count). The number of rotatable bonds is 9. The van der Waals surface area contributed by atoms with Crippen LogP contribution in [0, 0.1) is 6.92 Å². The van der Waals surface area contributed by atoms with Crippen LogP contribution in [0.5, 0.6) is 5.75 Å². The largest absolute Gasteiger partial charge is 0.484 e. The Labute approximate surface area is 181 Å². The van der Waals surface area contributed by atoms with Gasteiger partial charge < -0.3 is 19.3 Å². The van der Waals surface area contributed by atoms with Crippen molar-refractivity contribution in [3.63, 3.8) is 0 Å². The fourth-order valence-corrected chi connectivity index (χ4v) is 3.25. The Morgan fingerprint density at radius 3 is 2.58 bits per heavy atom. The minimum atomic E-state index is -0.324. The Morgan fingerprint density at radius 2 is 1.87 bits per heavy atom. The molecule has 8 nitrogen and oxygen atoms in total. The molecule has 0 unspecified atom stereocenters. The van der Waals surface area contributed by atoms with Crippen LogP contribution in [0.15, 0.2) is 54.6 Å². The molecule has 1 aliphatic rings. The Kier molecular flexibility index (Phi) is 7.61. The van der Waals surface area contributed by atoms with Crippen LogP contribution in [0.3, 0.4) is 0 Å². The van der Waals surface area contributed by atoms with Crippen LogP contribution in [0.25, 0.3) is 0 Å². The highest BCUT2D eigenvalue weighted by atomic mass is 16.5. The zero-order valence-corrected chi connectivity index (χ0v) is 17.8. The first kappa shape index (κ1) is 22.3. The number of aryl methyl sites for hydroxylation is 1. The summed E-state index contributed by atoms with van der Waals surface area (Å²) in [6.45, 7) is 2.31. The number of hydrogen-bond donors (Lipinski definition) is 0. The summed E-state index contributed by atoms with van der Waals surface area (Å²) in [5.41, 5.74) is 1.79. The van der Waals surface area contributed by atoms with Crippen molar-refractivity contribution in [1.29, 1.82) is 0 Å². The van der Waals surface area contributed by atoms with E-state index in [1.807, 2.05) is 49.4 Å². The molecule has 0 N–H and O–H groups in total. The zero-order valence-electron chi connectivity index (χ0n) is 17.8. The standard InChI is InChI=1S/C23H27N3O5/c1-18-7-6-8-19(13-18)26-17-25(15-22(26)28)21(27)14-24(11-12-30-2)23(29)16-31-20-9-4-3-5-10-20/h3-10,13H,11-12,14-17H2,1-2H3. The summed E-state index contributed by atoms with van der Waals surface area (Å²) in [6, 6.07) is 16.6. The van der Waals surface area contributed by atoms with Crippen LogP contribution in [0.1, 0.15) is 5.56 Å². The summed E-state index contributed by atoms with van der Waals surface area (Å²) in [4.78, 5) is 42.4. The third-order valence-electron chi connectivity index (χ3n) is 4.96. The van der Waals surface area contributed by atoms with E-state index in [4.69, 9.17) is 9.47 Å². The normalized spacial score (nSPS) is 13.4. The SMILES string of the molecule is COCCN(CC(=O)N1CC(=O)N(c2cccc(C)c2)C1)C(=O)COc1ccccc1. The number of benzene rings is 2. The van der Waals surface area contributed by atoms with Gasteiger partial charge >= 0.3 is 0 Å². The Bertz CT molecular complexity index is 918. The predicted octanol–water partition coefficient (Wildman–Crippen LogP) is 1.68. The van der Waals surface area contributed by atoms with Gasteiger partial charge in [-0.15, -0.1) is 0 Å². The van der Waals surface area contributed by atoms with Gasteiger partial charge in [-0.1, -0.05) is 30.3 Å². The maximum atomic E-state index is 12.9. The summed E-state index contributed by atoms with van der Waals surface area (Å²) in [5.74, 6) is -0.197. The molecule has 8 heteroatoms. The van der Waals surface area contributed by atoms with Gasteiger partial charge in [0.15, 0.2) is 6.61 Å². The topological polar surface area (TPSA) is 79.4 Å². The van der Waals surface area contributed by atoms with Crippen molar-refractivity contribution < 1.29 is 23.9 Å². The molecule has 31 heavy (non-hydrogen) atoms. The molecule has 0 aliphatic carbocycles. The van der Waals surface area contributed by atoms with Crippen LogP contribution in [-0.2, 0) is 19.1 Å². The Morgan fingerprint density at radius 1 is 1.10 bits per heavy atom. The van der Waals surface area contributed by atoms with Crippen molar-refractivity contribution in [2.24, 2.45) is 0 Å². The number of para-hydroxylation sites is 1. The van der Waals surface area contributed by atoms with Gasteiger partial charge in [0.05, 0.1) is 13.2 Å². The Balaban J connectivity index is 1.60. The molecule has 1 fully saturated rings. The monoisotopic (exact) mass is 425 g/mol. The lowest BCUT2D eigenvalue weighted by Crippen LogP contribution is -2.45. The molecule has 1 heterocycles. The smallest absolute Gasteiger partial charge is 0.261 e. The third kappa shape index (κ3) is 6.05. The van der Waals surface area contributed by atoms with E-state index in [9.17, 15) is 14.4 Å². The molecule has 1 aliphatic heterocycles. The average molecular weight is 425 g/mol. The van der Waals surface area contributed by atoms with E-state index < -0.39 is 0 Å². The highest BCUT2D eigenvalue weighted by Gasteiger charge is 2.33. The van der Waals surface area contributed by atoms with E-state index in [1.54, 1.807) is 17.0 Å². The molecule has 0 bridgehead atoms. The maximum absolute atomic E-state index is 12.9. The zero-order chi connectivity index (χ0) is 22.2. The first-order valence-electron chi connectivity index (χ1n) is 10.1. The van der Waals surface area contributed by atoms with Gasteiger partial charge in [-0.25, -0.2) is 0 Å². The summed E-state index contributed by atoms with van der Waals surface area (Å²) >= 11 is 0. The van der Waals surface area contributed by atoms with Crippen molar-refractivity contribution in [3.8, 4) is 5.75 Å². The van der Waals surface area contributed by atoms with E-state index in [0.29, 0.717) is 12.4 Å². The van der Waals surface area contributed by atoms with Gasteiger partial charge in [0.25, 0.3) is 5.91 Å². The number of carbonyl (C=O) groups is 3. The fraction of sp³-hybridized carbons (Fsp3) is 0.348.